The third kappa shape index (κ3) is 2.98. The minimum absolute atomic E-state index is 0.205. The molecule has 0 amide bonds. The topological polar surface area (TPSA) is 52.7 Å². The average Bonchev–Trinajstić information content (AvgIpc) is 2.82. The molecule has 2 heterocycles. The summed E-state index contributed by atoms with van der Waals surface area (Å²) in [6.07, 6.45) is 0. The summed E-state index contributed by atoms with van der Waals surface area (Å²) < 4.78 is 18.7. The van der Waals surface area contributed by atoms with Crippen molar-refractivity contribution >= 4 is 11.1 Å². The van der Waals surface area contributed by atoms with Crippen LogP contribution in [0.3, 0.4) is 0 Å². The van der Waals surface area contributed by atoms with Crippen LogP contribution < -0.4 is 0 Å². The first-order valence-corrected chi connectivity index (χ1v) is 6.85. The lowest BCUT2D eigenvalue weighted by molar-refractivity contribution is 0.103. The number of hydrogen-bond acceptors (Lipinski definition) is 5. The van der Waals surface area contributed by atoms with Crippen LogP contribution in [-0.2, 0) is 6.54 Å². The van der Waals surface area contributed by atoms with Crippen LogP contribution in [-0.4, -0.2) is 59.2 Å². The van der Waals surface area contributed by atoms with Crippen LogP contribution in [0.4, 0.5) is 4.39 Å². The number of hydrogen-bond donors (Lipinski definition) is 1. The lowest BCUT2D eigenvalue weighted by atomic mass is 10.3. The summed E-state index contributed by atoms with van der Waals surface area (Å²) in [7, 11) is 0. The van der Waals surface area contributed by atoms with Crippen molar-refractivity contribution in [2.75, 3.05) is 39.3 Å². The molecule has 2 aromatic rings. The highest BCUT2D eigenvalue weighted by Crippen LogP contribution is 2.18. The third-order valence-corrected chi connectivity index (χ3v) is 3.63. The first kappa shape index (κ1) is 13.5. The van der Waals surface area contributed by atoms with E-state index in [-0.39, 0.29) is 12.4 Å². The molecule has 1 aromatic heterocycles. The molecule has 0 atom stereocenters. The largest absolute Gasteiger partial charge is 0.439 e. The van der Waals surface area contributed by atoms with Gasteiger partial charge in [-0.05, 0) is 12.1 Å². The van der Waals surface area contributed by atoms with Gasteiger partial charge in [-0.2, -0.15) is 0 Å². The quantitative estimate of drug-likeness (QED) is 0.907. The molecular formula is C14H18FN3O2. The summed E-state index contributed by atoms with van der Waals surface area (Å²) in [6, 6.07) is 4.38. The second-order valence-electron chi connectivity index (χ2n) is 5.06. The van der Waals surface area contributed by atoms with Gasteiger partial charge in [-0.1, -0.05) is 0 Å². The first-order chi connectivity index (χ1) is 9.74. The number of oxazole rings is 1. The van der Waals surface area contributed by atoms with Crippen molar-refractivity contribution in [1.29, 1.82) is 0 Å². The molecule has 6 heteroatoms. The number of rotatable bonds is 4. The lowest BCUT2D eigenvalue weighted by Gasteiger charge is -2.33. The maximum absolute atomic E-state index is 13.1. The van der Waals surface area contributed by atoms with Gasteiger partial charge >= 0.3 is 0 Å². The van der Waals surface area contributed by atoms with Gasteiger partial charge in [0.25, 0.3) is 0 Å². The summed E-state index contributed by atoms with van der Waals surface area (Å²) >= 11 is 0. The number of nitrogens with zero attached hydrogens (tertiary/aromatic N) is 3. The molecule has 0 unspecified atom stereocenters. The Morgan fingerprint density at radius 1 is 1.20 bits per heavy atom. The Morgan fingerprint density at radius 2 is 1.95 bits per heavy atom. The Kier molecular flexibility index (Phi) is 3.95. The number of aliphatic hydroxyl groups is 1. The molecule has 1 saturated heterocycles. The summed E-state index contributed by atoms with van der Waals surface area (Å²) in [6.45, 7) is 5.31. The van der Waals surface area contributed by atoms with E-state index >= 15 is 0 Å². The monoisotopic (exact) mass is 279 g/mol. The van der Waals surface area contributed by atoms with E-state index in [0.717, 1.165) is 32.7 Å². The fourth-order valence-corrected chi connectivity index (χ4v) is 2.52. The average molecular weight is 279 g/mol. The maximum Gasteiger partial charge on any atom is 0.209 e. The molecule has 5 nitrogen and oxygen atoms in total. The van der Waals surface area contributed by atoms with Crippen LogP contribution in [0.25, 0.3) is 11.1 Å². The summed E-state index contributed by atoms with van der Waals surface area (Å²) in [4.78, 5) is 8.81. The van der Waals surface area contributed by atoms with Gasteiger partial charge in [0.15, 0.2) is 5.58 Å². The molecule has 20 heavy (non-hydrogen) atoms. The Morgan fingerprint density at radius 3 is 2.70 bits per heavy atom. The number of piperazine rings is 1. The molecule has 0 radical (unpaired) electrons. The molecule has 3 rings (SSSR count). The van der Waals surface area contributed by atoms with Crippen LogP contribution >= 0.6 is 0 Å². The van der Waals surface area contributed by atoms with E-state index in [1.165, 1.54) is 12.1 Å². The van der Waals surface area contributed by atoms with Gasteiger partial charge in [-0.15, -0.1) is 0 Å². The molecule has 1 aliphatic rings. The predicted molar refractivity (Wildman–Crippen MR) is 72.8 cm³/mol. The minimum Gasteiger partial charge on any atom is -0.439 e. The first-order valence-electron chi connectivity index (χ1n) is 6.85. The summed E-state index contributed by atoms with van der Waals surface area (Å²) in [5, 5.41) is 8.91. The SMILES string of the molecule is OCCN1CCN(Cc2nc3cc(F)ccc3o2)CC1. The fourth-order valence-electron chi connectivity index (χ4n) is 2.52. The minimum atomic E-state index is -0.296. The van der Waals surface area contributed by atoms with Crippen molar-refractivity contribution in [1.82, 2.24) is 14.8 Å². The van der Waals surface area contributed by atoms with Gasteiger partial charge < -0.3 is 9.52 Å². The van der Waals surface area contributed by atoms with E-state index in [0.29, 0.717) is 23.5 Å². The highest BCUT2D eigenvalue weighted by atomic mass is 19.1. The van der Waals surface area contributed by atoms with Crippen molar-refractivity contribution in [3.8, 4) is 0 Å². The Balaban J connectivity index is 1.62. The third-order valence-electron chi connectivity index (χ3n) is 3.63. The number of fused-ring (bicyclic) bond motifs is 1. The van der Waals surface area contributed by atoms with E-state index in [9.17, 15) is 4.39 Å². The molecule has 0 spiro atoms. The van der Waals surface area contributed by atoms with Gasteiger partial charge in [-0.25, -0.2) is 9.37 Å². The van der Waals surface area contributed by atoms with E-state index in [2.05, 4.69) is 14.8 Å². The zero-order chi connectivity index (χ0) is 13.9. The van der Waals surface area contributed by atoms with Crippen LogP contribution in [0, 0.1) is 5.82 Å². The molecule has 1 aliphatic heterocycles. The van der Waals surface area contributed by atoms with Crippen LogP contribution in [0.15, 0.2) is 22.6 Å². The van der Waals surface area contributed by atoms with Crippen molar-refractivity contribution in [3.63, 3.8) is 0 Å². The van der Waals surface area contributed by atoms with Crippen molar-refractivity contribution in [2.45, 2.75) is 6.54 Å². The number of halogens is 1. The number of β-amino-alcohol motifs (C(OH)–C–C–N with tert-alkyl or cyclic N) is 1. The predicted octanol–water partition coefficient (Wildman–Crippen LogP) is 1.08. The molecule has 108 valence electrons. The van der Waals surface area contributed by atoms with Gasteiger partial charge in [0, 0.05) is 38.8 Å². The van der Waals surface area contributed by atoms with Gasteiger partial charge in [0.05, 0.1) is 13.2 Å². The standard InChI is InChI=1S/C14H18FN3O2/c15-11-1-2-13-12(9-11)16-14(20-13)10-18-5-3-17(4-6-18)7-8-19/h1-2,9,19H,3-8,10H2. The zero-order valence-electron chi connectivity index (χ0n) is 11.3. The van der Waals surface area contributed by atoms with Crippen molar-refractivity contribution in [3.05, 3.63) is 29.9 Å². The normalized spacial score (nSPS) is 17.9. The van der Waals surface area contributed by atoms with E-state index < -0.39 is 0 Å². The Labute approximate surface area is 116 Å². The molecule has 1 N–H and O–H groups in total. The van der Waals surface area contributed by atoms with Crippen molar-refractivity contribution < 1.29 is 13.9 Å². The Hall–Kier alpha value is -1.50. The van der Waals surface area contributed by atoms with Crippen molar-refractivity contribution in [2.24, 2.45) is 0 Å². The second kappa shape index (κ2) is 5.87. The number of aromatic nitrogens is 1. The Bertz CT molecular complexity index is 579. The van der Waals surface area contributed by atoms with Crippen LogP contribution in [0.1, 0.15) is 5.89 Å². The van der Waals surface area contributed by atoms with Gasteiger partial charge in [-0.3, -0.25) is 9.80 Å². The molecule has 0 aliphatic carbocycles. The van der Waals surface area contributed by atoms with E-state index in [1.54, 1.807) is 6.07 Å². The molecule has 1 fully saturated rings. The van der Waals surface area contributed by atoms with E-state index in [1.807, 2.05) is 0 Å². The van der Waals surface area contributed by atoms with Gasteiger partial charge in [0.2, 0.25) is 5.89 Å². The lowest BCUT2D eigenvalue weighted by Crippen LogP contribution is -2.46. The number of benzene rings is 1. The molecule has 1 aromatic carbocycles. The van der Waals surface area contributed by atoms with Crippen LogP contribution in [0.2, 0.25) is 0 Å². The highest BCUT2D eigenvalue weighted by Gasteiger charge is 2.18. The molecular weight excluding hydrogens is 261 g/mol. The summed E-state index contributed by atoms with van der Waals surface area (Å²) in [5.74, 6) is 0.330. The van der Waals surface area contributed by atoms with E-state index in [4.69, 9.17) is 9.52 Å². The fraction of sp³-hybridized carbons (Fsp3) is 0.500. The number of aliphatic hydroxyl groups excluding tert-OH is 1. The zero-order valence-corrected chi connectivity index (χ0v) is 11.3. The second-order valence-corrected chi connectivity index (χ2v) is 5.06. The maximum atomic E-state index is 13.1. The smallest absolute Gasteiger partial charge is 0.209 e. The van der Waals surface area contributed by atoms with Gasteiger partial charge in [0.1, 0.15) is 11.3 Å². The summed E-state index contributed by atoms with van der Waals surface area (Å²) in [5.41, 5.74) is 1.19. The van der Waals surface area contributed by atoms with Crippen LogP contribution in [0.5, 0.6) is 0 Å². The molecule has 0 saturated carbocycles. The highest BCUT2D eigenvalue weighted by molar-refractivity contribution is 5.72. The molecule has 0 bridgehead atoms.